The van der Waals surface area contributed by atoms with Gasteiger partial charge in [-0.05, 0) is 37.6 Å². The zero-order chi connectivity index (χ0) is 16.8. The van der Waals surface area contributed by atoms with Crippen molar-refractivity contribution in [2.45, 2.75) is 19.0 Å². The maximum absolute atomic E-state index is 13.1. The minimum atomic E-state index is -1.07. The first-order valence-corrected chi connectivity index (χ1v) is 7.80. The quantitative estimate of drug-likeness (QED) is 0.585. The van der Waals surface area contributed by atoms with Gasteiger partial charge in [-0.2, -0.15) is 5.26 Å². The average molecular weight is 325 g/mol. The van der Waals surface area contributed by atoms with Gasteiger partial charge in [0, 0.05) is 12.7 Å². The second kappa shape index (κ2) is 5.11. The fourth-order valence-electron chi connectivity index (χ4n) is 3.26. The molecule has 1 aromatic rings. The number of aromatic nitrogens is 1. The molecule has 1 aliphatic heterocycles. The van der Waals surface area contributed by atoms with Crippen LogP contribution in [0.3, 0.4) is 0 Å². The second-order valence-electron chi connectivity index (χ2n) is 6.24. The van der Waals surface area contributed by atoms with Crippen molar-refractivity contribution >= 4 is 26.6 Å². The molecule has 23 heavy (non-hydrogen) atoms. The number of hydrogen-bond donors (Lipinski definition) is 0. The molecule has 116 valence electrons. The zero-order valence-corrected chi connectivity index (χ0v) is 14.1. The van der Waals surface area contributed by atoms with Gasteiger partial charge in [0.15, 0.2) is 5.78 Å². The molecule has 0 saturated heterocycles. The maximum Gasteiger partial charge on any atom is 0.245 e. The summed E-state index contributed by atoms with van der Waals surface area (Å²) in [5.41, 5.74) is 0.571. The normalized spacial score (nSPS) is 26.1. The SMILES string of the molecule is CC1(C)C(=O)C(C#N)=C[C@@]2(P)C(=O)N(c3cccnc3)CC=C12. The molecule has 1 aromatic heterocycles. The number of rotatable bonds is 1. The molecule has 6 heteroatoms. The monoisotopic (exact) mass is 325 g/mol. The number of carbonyl (C=O) groups is 2. The molecule has 1 amide bonds. The molecule has 2 aliphatic rings. The van der Waals surface area contributed by atoms with Crippen LogP contribution in [0.1, 0.15) is 13.8 Å². The van der Waals surface area contributed by atoms with E-state index in [-0.39, 0.29) is 17.3 Å². The van der Waals surface area contributed by atoms with E-state index in [0.29, 0.717) is 12.2 Å². The van der Waals surface area contributed by atoms with Gasteiger partial charge in [0.25, 0.3) is 0 Å². The Hall–Kier alpha value is -2.31. The van der Waals surface area contributed by atoms with Crippen LogP contribution in [-0.4, -0.2) is 28.4 Å². The van der Waals surface area contributed by atoms with E-state index in [2.05, 4.69) is 14.2 Å². The lowest BCUT2D eigenvalue weighted by Crippen LogP contribution is -2.55. The Labute approximate surface area is 136 Å². The molecule has 5 nitrogen and oxygen atoms in total. The van der Waals surface area contributed by atoms with Crippen molar-refractivity contribution in [2.75, 3.05) is 11.4 Å². The highest BCUT2D eigenvalue weighted by Gasteiger charge is 2.53. The molecule has 0 N–H and O–H groups in total. The molecule has 1 aliphatic carbocycles. The Morgan fingerprint density at radius 2 is 2.13 bits per heavy atom. The van der Waals surface area contributed by atoms with Crippen LogP contribution < -0.4 is 4.90 Å². The number of fused-ring (bicyclic) bond motifs is 1. The summed E-state index contributed by atoms with van der Waals surface area (Å²) in [7, 11) is 2.54. The number of amides is 1. The predicted octanol–water partition coefficient (Wildman–Crippen LogP) is 2.03. The number of allylic oxidation sites excluding steroid dienone is 1. The van der Waals surface area contributed by atoms with Crippen molar-refractivity contribution in [1.29, 1.82) is 5.26 Å². The van der Waals surface area contributed by atoms with Crippen LogP contribution in [0.2, 0.25) is 0 Å². The summed E-state index contributed by atoms with van der Waals surface area (Å²) in [4.78, 5) is 31.2. The molecule has 3 rings (SSSR count). The first-order chi connectivity index (χ1) is 10.8. The Balaban J connectivity index is 2.17. The standard InChI is InChI=1S/C17H16N3O2P/c1-16(2)13-5-7-20(12-4-3-6-19-10-12)15(22)17(13,23)8-11(9-18)14(16)21/h3-6,8,10H,7,23H2,1-2H3/t17-/m0/s1. The van der Waals surface area contributed by atoms with Gasteiger partial charge >= 0.3 is 0 Å². The van der Waals surface area contributed by atoms with E-state index in [1.807, 2.05) is 18.2 Å². The van der Waals surface area contributed by atoms with Crippen LogP contribution in [0, 0.1) is 16.7 Å². The summed E-state index contributed by atoms with van der Waals surface area (Å²) in [6.07, 6.45) is 6.65. The predicted molar refractivity (Wildman–Crippen MR) is 89.6 cm³/mol. The number of anilines is 1. The van der Waals surface area contributed by atoms with Gasteiger partial charge in [-0.1, -0.05) is 6.08 Å². The van der Waals surface area contributed by atoms with Gasteiger partial charge in [-0.15, -0.1) is 9.24 Å². The van der Waals surface area contributed by atoms with E-state index in [9.17, 15) is 14.9 Å². The van der Waals surface area contributed by atoms with Crippen molar-refractivity contribution in [1.82, 2.24) is 4.98 Å². The van der Waals surface area contributed by atoms with Crippen molar-refractivity contribution in [3.8, 4) is 6.07 Å². The number of ketones is 1. The van der Waals surface area contributed by atoms with E-state index >= 15 is 0 Å². The first-order valence-electron chi connectivity index (χ1n) is 7.22. The lowest BCUT2D eigenvalue weighted by atomic mass is 9.66. The third-order valence-electron chi connectivity index (χ3n) is 4.46. The number of nitriles is 1. The summed E-state index contributed by atoms with van der Waals surface area (Å²) in [5.74, 6) is -0.423. The summed E-state index contributed by atoms with van der Waals surface area (Å²) in [5, 5.41) is 8.19. The highest BCUT2D eigenvalue weighted by molar-refractivity contribution is 7.22. The Morgan fingerprint density at radius 3 is 2.74 bits per heavy atom. The number of nitrogens with zero attached hydrogens (tertiary/aromatic N) is 3. The Morgan fingerprint density at radius 1 is 1.39 bits per heavy atom. The minimum Gasteiger partial charge on any atom is -0.306 e. The third-order valence-corrected chi connectivity index (χ3v) is 5.18. The number of carbonyl (C=O) groups excluding carboxylic acids is 2. The summed E-state index contributed by atoms with van der Waals surface area (Å²) < 4.78 is 0. The maximum atomic E-state index is 13.1. The van der Waals surface area contributed by atoms with Crippen LogP contribution in [0.15, 0.2) is 47.8 Å². The second-order valence-corrected chi connectivity index (χ2v) is 7.15. The molecule has 2 atom stereocenters. The van der Waals surface area contributed by atoms with Crippen molar-refractivity contribution in [3.63, 3.8) is 0 Å². The van der Waals surface area contributed by atoms with Crippen molar-refractivity contribution < 1.29 is 9.59 Å². The van der Waals surface area contributed by atoms with Crippen LogP contribution in [-0.2, 0) is 9.59 Å². The molecule has 0 radical (unpaired) electrons. The molecule has 0 bridgehead atoms. The molecule has 0 spiro atoms. The van der Waals surface area contributed by atoms with Crippen LogP contribution in [0.25, 0.3) is 0 Å². The summed E-state index contributed by atoms with van der Waals surface area (Å²) in [6, 6.07) is 5.51. The zero-order valence-electron chi connectivity index (χ0n) is 12.9. The lowest BCUT2D eigenvalue weighted by Gasteiger charge is -2.46. The molecule has 0 aromatic carbocycles. The van der Waals surface area contributed by atoms with E-state index in [1.54, 1.807) is 37.2 Å². The van der Waals surface area contributed by atoms with E-state index in [1.165, 1.54) is 6.08 Å². The Bertz CT molecular complexity index is 805. The van der Waals surface area contributed by atoms with Gasteiger partial charge in [0.05, 0.1) is 22.9 Å². The highest BCUT2D eigenvalue weighted by atomic mass is 31.0. The Kier molecular flexibility index (Phi) is 3.46. The van der Waals surface area contributed by atoms with Gasteiger partial charge < -0.3 is 4.90 Å². The van der Waals surface area contributed by atoms with Crippen LogP contribution in [0.4, 0.5) is 5.69 Å². The lowest BCUT2D eigenvalue weighted by molar-refractivity contribution is -0.123. The summed E-state index contributed by atoms with van der Waals surface area (Å²) >= 11 is 0. The smallest absolute Gasteiger partial charge is 0.245 e. The fraction of sp³-hybridized carbons (Fsp3) is 0.294. The van der Waals surface area contributed by atoms with E-state index < -0.39 is 10.6 Å². The number of Topliss-reactive ketones (excluding diaryl/α,β-unsaturated/α-hetero) is 1. The average Bonchev–Trinajstić information content (AvgIpc) is 2.54. The molecule has 0 saturated carbocycles. The first kappa shape index (κ1) is 15.6. The van der Waals surface area contributed by atoms with E-state index in [0.717, 1.165) is 5.57 Å². The molecule has 0 fully saturated rings. The van der Waals surface area contributed by atoms with Gasteiger partial charge in [0.1, 0.15) is 11.2 Å². The fourth-order valence-corrected chi connectivity index (χ4v) is 4.06. The molecule has 1 unspecified atom stereocenters. The van der Waals surface area contributed by atoms with Gasteiger partial charge in [-0.25, -0.2) is 0 Å². The molecular weight excluding hydrogens is 309 g/mol. The molecular formula is C17H16N3O2P. The summed E-state index contributed by atoms with van der Waals surface area (Å²) in [6.45, 7) is 3.90. The largest absolute Gasteiger partial charge is 0.306 e. The van der Waals surface area contributed by atoms with Crippen molar-refractivity contribution in [3.05, 3.63) is 47.8 Å². The van der Waals surface area contributed by atoms with E-state index in [4.69, 9.17) is 0 Å². The van der Waals surface area contributed by atoms with Crippen LogP contribution in [0.5, 0.6) is 0 Å². The van der Waals surface area contributed by atoms with Gasteiger partial charge in [-0.3, -0.25) is 14.6 Å². The third kappa shape index (κ3) is 2.14. The van der Waals surface area contributed by atoms with Crippen LogP contribution >= 0.6 is 9.24 Å². The minimum absolute atomic E-state index is 0.0311. The highest BCUT2D eigenvalue weighted by Crippen LogP contribution is 2.50. The van der Waals surface area contributed by atoms with Gasteiger partial charge in [0.2, 0.25) is 5.91 Å². The number of hydrogen-bond acceptors (Lipinski definition) is 4. The van der Waals surface area contributed by atoms with Crippen molar-refractivity contribution in [2.24, 2.45) is 5.41 Å². The molecule has 2 heterocycles. The topological polar surface area (TPSA) is 74.1 Å². The number of pyridine rings is 1.